The average molecular weight is 391 g/mol. The average Bonchev–Trinajstić information content (AvgIpc) is 2.67. The van der Waals surface area contributed by atoms with E-state index in [2.05, 4.69) is 10.0 Å². The Labute approximate surface area is 161 Å². The topological polar surface area (TPSA) is 84.5 Å². The summed E-state index contributed by atoms with van der Waals surface area (Å²) in [6.07, 6.45) is 0.596. The Morgan fingerprint density at radius 1 is 1.07 bits per heavy atom. The van der Waals surface area contributed by atoms with E-state index in [4.69, 9.17) is 4.74 Å². The fraction of sp³-hybridized carbons (Fsp3) is 0.350. The molecule has 0 unspecified atom stereocenters. The highest BCUT2D eigenvalue weighted by Crippen LogP contribution is 2.18. The van der Waals surface area contributed by atoms with Crippen molar-refractivity contribution >= 4 is 15.9 Å². The second-order valence-corrected chi connectivity index (χ2v) is 8.23. The standard InChI is InChI=1S/C20H26N2O4S/c1-15(2)16-8-10-18(11-9-16)27(24,25)22-14-20(23)21-13-12-17-6-4-5-7-19(17)26-3/h4-11,15,22H,12-14H2,1-3H3,(H,21,23). The minimum Gasteiger partial charge on any atom is -0.496 e. The van der Waals surface area contributed by atoms with Gasteiger partial charge in [-0.2, -0.15) is 0 Å². The predicted molar refractivity (Wildman–Crippen MR) is 105 cm³/mol. The van der Waals surface area contributed by atoms with Gasteiger partial charge in [-0.05, 0) is 41.7 Å². The van der Waals surface area contributed by atoms with Gasteiger partial charge in [0.15, 0.2) is 0 Å². The van der Waals surface area contributed by atoms with E-state index in [1.54, 1.807) is 31.4 Å². The Kier molecular flexibility index (Phi) is 7.38. The summed E-state index contributed by atoms with van der Waals surface area (Å²) in [7, 11) is -2.12. The summed E-state index contributed by atoms with van der Waals surface area (Å²) in [4.78, 5) is 12.1. The molecule has 2 rings (SSSR count). The van der Waals surface area contributed by atoms with Crippen molar-refractivity contribution in [3.05, 3.63) is 59.7 Å². The number of nitrogens with one attached hydrogen (secondary N) is 2. The number of amides is 1. The van der Waals surface area contributed by atoms with Crippen LogP contribution in [0.3, 0.4) is 0 Å². The molecule has 0 aliphatic heterocycles. The third kappa shape index (κ3) is 6.08. The number of benzene rings is 2. The highest BCUT2D eigenvalue weighted by molar-refractivity contribution is 7.89. The molecule has 0 heterocycles. The van der Waals surface area contributed by atoms with Gasteiger partial charge in [0.25, 0.3) is 0 Å². The van der Waals surface area contributed by atoms with Gasteiger partial charge in [-0.3, -0.25) is 4.79 Å². The van der Waals surface area contributed by atoms with Crippen LogP contribution in [0.15, 0.2) is 53.4 Å². The van der Waals surface area contributed by atoms with E-state index in [0.717, 1.165) is 16.9 Å². The summed E-state index contributed by atoms with van der Waals surface area (Å²) >= 11 is 0. The summed E-state index contributed by atoms with van der Waals surface area (Å²) in [5, 5.41) is 2.71. The van der Waals surface area contributed by atoms with E-state index in [-0.39, 0.29) is 17.3 Å². The molecule has 0 radical (unpaired) electrons. The largest absolute Gasteiger partial charge is 0.496 e. The van der Waals surface area contributed by atoms with Crippen LogP contribution in [0, 0.1) is 0 Å². The molecule has 0 aliphatic carbocycles. The molecule has 0 saturated carbocycles. The lowest BCUT2D eigenvalue weighted by Gasteiger charge is -2.10. The van der Waals surface area contributed by atoms with Crippen LogP contribution >= 0.6 is 0 Å². The lowest BCUT2D eigenvalue weighted by Crippen LogP contribution is -2.37. The van der Waals surface area contributed by atoms with Gasteiger partial charge in [0.2, 0.25) is 15.9 Å². The maximum atomic E-state index is 12.3. The summed E-state index contributed by atoms with van der Waals surface area (Å²) < 4.78 is 32.2. The zero-order valence-corrected chi connectivity index (χ0v) is 16.7. The van der Waals surface area contributed by atoms with E-state index >= 15 is 0 Å². The van der Waals surface area contributed by atoms with E-state index < -0.39 is 10.0 Å². The number of rotatable bonds is 9. The molecule has 1 amide bonds. The smallest absolute Gasteiger partial charge is 0.241 e. The first-order valence-electron chi connectivity index (χ1n) is 8.81. The predicted octanol–water partition coefficient (Wildman–Crippen LogP) is 2.46. The molecule has 27 heavy (non-hydrogen) atoms. The highest BCUT2D eigenvalue weighted by Gasteiger charge is 2.15. The molecule has 146 valence electrons. The molecule has 0 saturated heterocycles. The van der Waals surface area contributed by atoms with E-state index in [9.17, 15) is 13.2 Å². The lowest BCUT2D eigenvalue weighted by molar-refractivity contribution is -0.119. The third-order valence-corrected chi connectivity index (χ3v) is 5.61. The second kappa shape index (κ2) is 9.53. The van der Waals surface area contributed by atoms with Crippen LogP contribution in [0.25, 0.3) is 0 Å². The molecule has 0 aromatic heterocycles. The van der Waals surface area contributed by atoms with E-state index in [0.29, 0.717) is 18.9 Å². The van der Waals surface area contributed by atoms with Crippen molar-refractivity contribution in [3.8, 4) is 5.75 Å². The van der Waals surface area contributed by atoms with Crippen LogP contribution in [0.5, 0.6) is 5.75 Å². The molecule has 2 N–H and O–H groups in total. The molecule has 6 nitrogen and oxygen atoms in total. The van der Waals surface area contributed by atoms with Gasteiger partial charge in [-0.25, -0.2) is 13.1 Å². The van der Waals surface area contributed by atoms with Gasteiger partial charge in [-0.15, -0.1) is 0 Å². The third-order valence-electron chi connectivity index (χ3n) is 4.19. The number of sulfonamides is 1. The van der Waals surface area contributed by atoms with Crippen LogP contribution in [-0.2, 0) is 21.2 Å². The number of methoxy groups -OCH3 is 1. The number of carbonyl (C=O) groups is 1. The summed E-state index contributed by atoms with van der Waals surface area (Å²) in [6.45, 7) is 4.17. The Hall–Kier alpha value is -2.38. The van der Waals surface area contributed by atoms with Crippen LogP contribution in [0.1, 0.15) is 30.9 Å². The Balaban J connectivity index is 1.83. The molecular weight excluding hydrogens is 364 g/mol. The maximum absolute atomic E-state index is 12.3. The van der Waals surface area contributed by atoms with Crippen molar-refractivity contribution in [1.29, 1.82) is 0 Å². The second-order valence-electron chi connectivity index (χ2n) is 6.46. The molecule has 0 atom stereocenters. The van der Waals surface area contributed by atoms with E-state index in [1.807, 2.05) is 38.1 Å². The van der Waals surface area contributed by atoms with Crippen molar-refractivity contribution in [1.82, 2.24) is 10.0 Å². The van der Waals surface area contributed by atoms with Crippen LogP contribution in [0.4, 0.5) is 0 Å². The lowest BCUT2D eigenvalue weighted by atomic mass is 10.0. The fourth-order valence-electron chi connectivity index (χ4n) is 2.58. The molecule has 2 aromatic carbocycles. The molecule has 0 fully saturated rings. The van der Waals surface area contributed by atoms with E-state index in [1.165, 1.54) is 0 Å². The summed E-state index contributed by atoms with van der Waals surface area (Å²) in [5.74, 6) is 0.702. The fourth-order valence-corrected chi connectivity index (χ4v) is 3.57. The molecule has 0 bridgehead atoms. The normalized spacial score (nSPS) is 11.4. The van der Waals surface area contributed by atoms with Gasteiger partial charge in [0.1, 0.15) is 5.75 Å². The Morgan fingerprint density at radius 2 is 1.74 bits per heavy atom. The van der Waals surface area contributed by atoms with Gasteiger partial charge < -0.3 is 10.1 Å². The number of para-hydroxylation sites is 1. The van der Waals surface area contributed by atoms with Crippen LogP contribution in [-0.4, -0.2) is 34.5 Å². The van der Waals surface area contributed by atoms with Crippen molar-refractivity contribution in [2.45, 2.75) is 31.1 Å². The van der Waals surface area contributed by atoms with Crippen LogP contribution < -0.4 is 14.8 Å². The first-order chi connectivity index (χ1) is 12.8. The summed E-state index contributed by atoms with van der Waals surface area (Å²) in [5.41, 5.74) is 2.04. The highest BCUT2D eigenvalue weighted by atomic mass is 32.2. The molecule has 2 aromatic rings. The number of ether oxygens (including phenoxy) is 1. The van der Waals surface area contributed by atoms with Crippen molar-refractivity contribution < 1.29 is 17.9 Å². The number of hydrogen-bond acceptors (Lipinski definition) is 4. The van der Waals surface area contributed by atoms with Gasteiger partial charge in [0, 0.05) is 6.54 Å². The first kappa shape index (κ1) is 20.9. The van der Waals surface area contributed by atoms with Crippen LogP contribution in [0.2, 0.25) is 0 Å². The quantitative estimate of drug-likeness (QED) is 0.689. The molecular formula is C20H26N2O4S. The van der Waals surface area contributed by atoms with Crippen molar-refractivity contribution in [2.24, 2.45) is 0 Å². The monoisotopic (exact) mass is 390 g/mol. The maximum Gasteiger partial charge on any atom is 0.241 e. The van der Waals surface area contributed by atoms with Gasteiger partial charge >= 0.3 is 0 Å². The van der Waals surface area contributed by atoms with Gasteiger partial charge in [-0.1, -0.05) is 44.2 Å². The van der Waals surface area contributed by atoms with Gasteiger partial charge in [0.05, 0.1) is 18.6 Å². The number of hydrogen-bond donors (Lipinski definition) is 2. The SMILES string of the molecule is COc1ccccc1CCNC(=O)CNS(=O)(=O)c1ccc(C(C)C)cc1. The molecule has 0 spiro atoms. The zero-order valence-electron chi connectivity index (χ0n) is 15.9. The first-order valence-corrected chi connectivity index (χ1v) is 10.3. The Morgan fingerprint density at radius 3 is 2.37 bits per heavy atom. The number of carbonyl (C=O) groups excluding carboxylic acids is 1. The molecule has 7 heteroatoms. The minimum absolute atomic E-state index is 0.147. The minimum atomic E-state index is -3.72. The Bertz CT molecular complexity index is 862. The summed E-state index contributed by atoms with van der Waals surface area (Å²) in [6, 6.07) is 14.2. The molecule has 0 aliphatic rings. The zero-order chi connectivity index (χ0) is 19.9. The van der Waals surface area contributed by atoms with Crippen molar-refractivity contribution in [2.75, 3.05) is 20.2 Å². The van der Waals surface area contributed by atoms with Crippen molar-refractivity contribution in [3.63, 3.8) is 0 Å².